The van der Waals surface area contributed by atoms with Gasteiger partial charge in [0.25, 0.3) is 0 Å². The van der Waals surface area contributed by atoms with E-state index >= 15 is 0 Å². The molecule has 0 spiro atoms. The standard InChI is InChI=1S/C15H16N4O3/c1-15(2,3)11-9(7-22-19-11)12-17-10-5-8(14(20)21-4)6-16-13(10)18-12/h5-7H,1-4H3,(H,16,17,18). The van der Waals surface area contributed by atoms with Crippen LogP contribution in [0.3, 0.4) is 0 Å². The second-order valence-electron chi connectivity index (χ2n) is 6.00. The number of nitrogens with zero attached hydrogens (tertiary/aromatic N) is 3. The molecular weight excluding hydrogens is 284 g/mol. The van der Waals surface area contributed by atoms with E-state index in [2.05, 4.69) is 24.8 Å². The first-order chi connectivity index (χ1) is 10.4. The molecule has 0 aliphatic rings. The number of ether oxygens (including phenoxy) is 1. The molecule has 0 saturated heterocycles. The van der Waals surface area contributed by atoms with Gasteiger partial charge in [-0.1, -0.05) is 25.9 Å². The van der Waals surface area contributed by atoms with Gasteiger partial charge in [0.15, 0.2) is 5.65 Å². The van der Waals surface area contributed by atoms with Gasteiger partial charge >= 0.3 is 5.97 Å². The minimum atomic E-state index is -0.439. The van der Waals surface area contributed by atoms with Gasteiger partial charge in [0.05, 0.1) is 29.4 Å². The van der Waals surface area contributed by atoms with E-state index < -0.39 is 5.97 Å². The summed E-state index contributed by atoms with van der Waals surface area (Å²) in [6.45, 7) is 6.14. The van der Waals surface area contributed by atoms with Crippen molar-refractivity contribution in [3.63, 3.8) is 0 Å². The molecule has 22 heavy (non-hydrogen) atoms. The van der Waals surface area contributed by atoms with Crippen LogP contribution in [-0.2, 0) is 10.2 Å². The number of imidazole rings is 1. The van der Waals surface area contributed by atoms with Crippen molar-refractivity contribution in [3.05, 3.63) is 29.8 Å². The third kappa shape index (κ3) is 2.34. The van der Waals surface area contributed by atoms with Gasteiger partial charge in [-0.3, -0.25) is 0 Å². The van der Waals surface area contributed by atoms with E-state index in [0.29, 0.717) is 22.6 Å². The van der Waals surface area contributed by atoms with Gasteiger partial charge in [-0.2, -0.15) is 0 Å². The lowest BCUT2D eigenvalue weighted by Gasteiger charge is -2.15. The highest BCUT2D eigenvalue weighted by Gasteiger charge is 2.25. The molecule has 0 unspecified atom stereocenters. The molecule has 0 fully saturated rings. The Bertz CT molecular complexity index is 842. The van der Waals surface area contributed by atoms with Crippen LogP contribution in [0.4, 0.5) is 0 Å². The Hall–Kier alpha value is -2.70. The lowest BCUT2D eigenvalue weighted by molar-refractivity contribution is 0.0600. The Balaban J connectivity index is 2.10. The fourth-order valence-corrected chi connectivity index (χ4v) is 2.20. The van der Waals surface area contributed by atoms with E-state index in [1.54, 1.807) is 12.3 Å². The van der Waals surface area contributed by atoms with E-state index in [-0.39, 0.29) is 5.41 Å². The number of rotatable bonds is 2. The number of aromatic amines is 1. The van der Waals surface area contributed by atoms with Crippen molar-refractivity contribution in [1.82, 2.24) is 20.1 Å². The molecule has 114 valence electrons. The summed E-state index contributed by atoms with van der Waals surface area (Å²) in [4.78, 5) is 23.3. The summed E-state index contributed by atoms with van der Waals surface area (Å²) in [5.74, 6) is 0.168. The number of hydrogen-bond donors (Lipinski definition) is 1. The third-order valence-electron chi connectivity index (χ3n) is 3.29. The lowest BCUT2D eigenvalue weighted by Crippen LogP contribution is -2.13. The minimum absolute atomic E-state index is 0.175. The molecule has 3 aromatic rings. The lowest BCUT2D eigenvalue weighted by atomic mass is 9.89. The summed E-state index contributed by atoms with van der Waals surface area (Å²) in [7, 11) is 1.33. The first-order valence-corrected chi connectivity index (χ1v) is 6.79. The molecule has 0 aliphatic heterocycles. The van der Waals surface area contributed by atoms with Crippen molar-refractivity contribution < 1.29 is 14.1 Å². The minimum Gasteiger partial charge on any atom is -0.465 e. The Kier molecular flexibility index (Phi) is 3.20. The number of hydrogen-bond acceptors (Lipinski definition) is 6. The van der Waals surface area contributed by atoms with Crippen molar-refractivity contribution in [2.45, 2.75) is 26.2 Å². The highest BCUT2D eigenvalue weighted by Crippen LogP contribution is 2.31. The Morgan fingerprint density at radius 2 is 2.14 bits per heavy atom. The maximum atomic E-state index is 11.6. The number of nitrogens with one attached hydrogen (secondary N) is 1. The molecule has 0 atom stereocenters. The predicted molar refractivity (Wildman–Crippen MR) is 79.4 cm³/mol. The smallest absolute Gasteiger partial charge is 0.339 e. The largest absolute Gasteiger partial charge is 0.465 e. The summed E-state index contributed by atoms with van der Waals surface area (Å²) in [5, 5.41) is 4.06. The Morgan fingerprint density at radius 1 is 1.36 bits per heavy atom. The van der Waals surface area contributed by atoms with Crippen molar-refractivity contribution in [3.8, 4) is 11.4 Å². The monoisotopic (exact) mass is 300 g/mol. The first-order valence-electron chi connectivity index (χ1n) is 6.79. The van der Waals surface area contributed by atoms with Gasteiger partial charge < -0.3 is 14.2 Å². The Morgan fingerprint density at radius 3 is 2.82 bits per heavy atom. The van der Waals surface area contributed by atoms with Crippen LogP contribution in [-0.4, -0.2) is 33.2 Å². The highest BCUT2D eigenvalue weighted by molar-refractivity contribution is 5.92. The van der Waals surface area contributed by atoms with Crippen molar-refractivity contribution in [2.75, 3.05) is 7.11 Å². The van der Waals surface area contributed by atoms with E-state index in [4.69, 9.17) is 4.52 Å². The number of carbonyl (C=O) groups excluding carboxylic acids is 1. The quantitative estimate of drug-likeness (QED) is 0.731. The van der Waals surface area contributed by atoms with Crippen molar-refractivity contribution >= 4 is 17.1 Å². The average molecular weight is 300 g/mol. The van der Waals surface area contributed by atoms with Crippen LogP contribution in [0.15, 0.2) is 23.0 Å². The molecule has 3 aromatic heterocycles. The zero-order chi connectivity index (χ0) is 15.9. The van der Waals surface area contributed by atoms with Crippen LogP contribution in [0.2, 0.25) is 0 Å². The normalized spacial score (nSPS) is 11.8. The maximum Gasteiger partial charge on any atom is 0.339 e. The molecule has 0 radical (unpaired) electrons. The van der Waals surface area contributed by atoms with E-state index in [0.717, 1.165) is 11.3 Å². The van der Waals surface area contributed by atoms with Crippen LogP contribution >= 0.6 is 0 Å². The SMILES string of the molecule is COC(=O)c1cnc2nc(-c3conc3C(C)(C)C)[nH]c2c1. The first kappa shape index (κ1) is 14.2. The zero-order valence-corrected chi connectivity index (χ0v) is 12.8. The molecule has 7 heteroatoms. The molecule has 0 amide bonds. The second-order valence-corrected chi connectivity index (χ2v) is 6.00. The molecule has 0 aliphatic carbocycles. The molecule has 3 heterocycles. The van der Waals surface area contributed by atoms with Crippen LogP contribution in [0.1, 0.15) is 36.8 Å². The highest BCUT2D eigenvalue weighted by atomic mass is 16.5. The number of pyridine rings is 1. The molecule has 0 bridgehead atoms. The number of methoxy groups -OCH3 is 1. The zero-order valence-electron chi connectivity index (χ0n) is 12.8. The molecule has 0 saturated carbocycles. The summed E-state index contributed by atoms with van der Waals surface area (Å²) in [6.07, 6.45) is 3.00. The van der Waals surface area contributed by atoms with E-state index in [1.165, 1.54) is 13.3 Å². The van der Waals surface area contributed by atoms with Gasteiger partial charge in [0, 0.05) is 11.6 Å². The molecule has 7 nitrogen and oxygen atoms in total. The van der Waals surface area contributed by atoms with E-state index in [9.17, 15) is 4.79 Å². The van der Waals surface area contributed by atoms with Gasteiger partial charge in [-0.25, -0.2) is 14.8 Å². The molecule has 3 rings (SSSR count). The number of aromatic nitrogens is 4. The van der Waals surface area contributed by atoms with Gasteiger partial charge in [0.1, 0.15) is 12.1 Å². The predicted octanol–water partition coefficient (Wildman–Crippen LogP) is 2.70. The number of H-pyrrole nitrogens is 1. The van der Waals surface area contributed by atoms with Crippen molar-refractivity contribution in [2.24, 2.45) is 0 Å². The topological polar surface area (TPSA) is 93.9 Å². The fourth-order valence-electron chi connectivity index (χ4n) is 2.20. The second kappa shape index (κ2) is 4.94. The van der Waals surface area contributed by atoms with Crippen LogP contribution in [0.25, 0.3) is 22.6 Å². The number of carbonyl (C=O) groups is 1. The van der Waals surface area contributed by atoms with Gasteiger partial charge in [-0.05, 0) is 6.07 Å². The van der Waals surface area contributed by atoms with Crippen LogP contribution < -0.4 is 0 Å². The summed E-state index contributed by atoms with van der Waals surface area (Å²) >= 11 is 0. The summed E-state index contributed by atoms with van der Waals surface area (Å²) in [6, 6.07) is 1.66. The maximum absolute atomic E-state index is 11.6. The Labute approximate surface area is 126 Å². The van der Waals surface area contributed by atoms with Crippen LogP contribution in [0, 0.1) is 0 Å². The van der Waals surface area contributed by atoms with Gasteiger partial charge in [0.2, 0.25) is 0 Å². The van der Waals surface area contributed by atoms with E-state index in [1.807, 2.05) is 20.8 Å². The number of fused-ring (bicyclic) bond motifs is 1. The molecule has 0 aromatic carbocycles. The summed E-state index contributed by atoms with van der Waals surface area (Å²) in [5.41, 5.74) is 2.95. The third-order valence-corrected chi connectivity index (χ3v) is 3.29. The number of esters is 1. The fraction of sp³-hybridized carbons (Fsp3) is 0.333. The van der Waals surface area contributed by atoms with Crippen molar-refractivity contribution in [1.29, 1.82) is 0 Å². The van der Waals surface area contributed by atoms with Gasteiger partial charge in [-0.15, -0.1) is 0 Å². The molecule has 1 N–H and O–H groups in total. The van der Waals surface area contributed by atoms with Crippen LogP contribution in [0.5, 0.6) is 0 Å². The average Bonchev–Trinajstić information content (AvgIpc) is 3.10. The summed E-state index contributed by atoms with van der Waals surface area (Å²) < 4.78 is 9.79. The molecular formula is C15H16N4O3.